The van der Waals surface area contributed by atoms with Crippen LogP contribution in [0.5, 0.6) is 0 Å². The van der Waals surface area contributed by atoms with Gasteiger partial charge in [0.25, 0.3) is 0 Å². The molecule has 1 heterocycles. The molecule has 0 amide bonds. The van der Waals surface area contributed by atoms with E-state index in [2.05, 4.69) is 61.6 Å². The highest BCUT2D eigenvalue weighted by atomic mass is 15.2. The third-order valence-electron chi connectivity index (χ3n) is 2.80. The van der Waals surface area contributed by atoms with Crippen molar-refractivity contribution >= 4 is 5.82 Å². The molecule has 0 unspecified atom stereocenters. The van der Waals surface area contributed by atoms with E-state index in [9.17, 15) is 0 Å². The van der Waals surface area contributed by atoms with E-state index in [1.165, 1.54) is 5.56 Å². The summed E-state index contributed by atoms with van der Waals surface area (Å²) in [7, 11) is 0. The fraction of sp³-hybridized carbons (Fsp3) is 0.562. The molecule has 0 atom stereocenters. The van der Waals surface area contributed by atoms with Gasteiger partial charge in [0.1, 0.15) is 5.82 Å². The molecule has 3 heteroatoms. The van der Waals surface area contributed by atoms with Crippen LogP contribution in [0.4, 0.5) is 5.82 Å². The highest BCUT2D eigenvalue weighted by molar-refractivity contribution is 5.40. The van der Waals surface area contributed by atoms with Gasteiger partial charge in [0.15, 0.2) is 0 Å². The lowest BCUT2D eigenvalue weighted by atomic mass is 10.1. The maximum Gasteiger partial charge on any atom is 0.128 e. The number of rotatable bonds is 6. The number of aromatic nitrogens is 1. The van der Waals surface area contributed by atoms with Gasteiger partial charge in [0.05, 0.1) is 0 Å². The van der Waals surface area contributed by atoms with Crippen LogP contribution in [0.2, 0.25) is 0 Å². The molecule has 0 bridgehead atoms. The van der Waals surface area contributed by atoms with Crippen molar-refractivity contribution in [3.05, 3.63) is 36.0 Å². The van der Waals surface area contributed by atoms with Crippen molar-refractivity contribution in [1.82, 2.24) is 10.3 Å². The summed E-state index contributed by atoms with van der Waals surface area (Å²) >= 11 is 0. The molecular formula is C16H27N3. The smallest absolute Gasteiger partial charge is 0.128 e. The molecule has 1 N–H and O–H groups in total. The van der Waals surface area contributed by atoms with E-state index in [0.717, 1.165) is 31.0 Å². The fourth-order valence-corrected chi connectivity index (χ4v) is 1.76. The molecule has 19 heavy (non-hydrogen) atoms. The molecule has 1 rings (SSSR count). The van der Waals surface area contributed by atoms with Crippen LogP contribution in [-0.2, 0) is 6.54 Å². The second-order valence-corrected chi connectivity index (χ2v) is 6.10. The molecule has 0 radical (unpaired) electrons. The quantitative estimate of drug-likeness (QED) is 0.796. The fourth-order valence-electron chi connectivity index (χ4n) is 1.76. The molecule has 1 aromatic heterocycles. The Hall–Kier alpha value is -1.35. The van der Waals surface area contributed by atoms with Gasteiger partial charge in [0.2, 0.25) is 0 Å². The van der Waals surface area contributed by atoms with E-state index >= 15 is 0 Å². The van der Waals surface area contributed by atoms with Crippen molar-refractivity contribution in [3.63, 3.8) is 0 Å². The highest BCUT2D eigenvalue weighted by Crippen LogP contribution is 2.13. The van der Waals surface area contributed by atoms with Gasteiger partial charge in [0, 0.05) is 31.4 Å². The van der Waals surface area contributed by atoms with Crippen LogP contribution in [0.3, 0.4) is 0 Å². The van der Waals surface area contributed by atoms with Crippen LogP contribution in [0.1, 0.15) is 40.2 Å². The first-order valence-electron chi connectivity index (χ1n) is 6.91. The van der Waals surface area contributed by atoms with Gasteiger partial charge >= 0.3 is 0 Å². The van der Waals surface area contributed by atoms with Gasteiger partial charge in [-0.2, -0.15) is 0 Å². The van der Waals surface area contributed by atoms with Crippen LogP contribution in [-0.4, -0.2) is 23.6 Å². The molecular weight excluding hydrogens is 234 g/mol. The standard InChI is InChI=1S/C16H27N3/c1-7-19(12-13(2)3)15-9-8-14(10-17-15)11-18-16(4,5)6/h8-10,18H,2,7,11-12H2,1,3-6H3. The summed E-state index contributed by atoms with van der Waals surface area (Å²) in [5.74, 6) is 1.02. The molecule has 106 valence electrons. The van der Waals surface area contributed by atoms with Crippen LogP contribution in [0.25, 0.3) is 0 Å². The van der Waals surface area contributed by atoms with E-state index in [1.807, 2.05) is 13.1 Å². The SMILES string of the molecule is C=C(C)CN(CC)c1ccc(CNC(C)(C)C)cn1. The van der Waals surface area contributed by atoms with Crippen molar-refractivity contribution in [1.29, 1.82) is 0 Å². The zero-order chi connectivity index (χ0) is 14.5. The Morgan fingerprint density at radius 2 is 2.05 bits per heavy atom. The van der Waals surface area contributed by atoms with Gasteiger partial charge in [-0.15, -0.1) is 0 Å². The van der Waals surface area contributed by atoms with Crippen molar-refractivity contribution in [3.8, 4) is 0 Å². The lowest BCUT2D eigenvalue weighted by Gasteiger charge is -2.23. The number of pyridine rings is 1. The molecule has 0 spiro atoms. The summed E-state index contributed by atoms with van der Waals surface area (Å²) in [6, 6.07) is 4.23. The average Bonchev–Trinajstić information content (AvgIpc) is 2.33. The Morgan fingerprint density at radius 3 is 2.47 bits per heavy atom. The van der Waals surface area contributed by atoms with Gasteiger partial charge < -0.3 is 10.2 Å². The summed E-state index contributed by atoms with van der Waals surface area (Å²) in [4.78, 5) is 6.77. The molecule has 0 fully saturated rings. The van der Waals surface area contributed by atoms with Crippen molar-refractivity contribution in [2.24, 2.45) is 0 Å². The number of hydrogen-bond acceptors (Lipinski definition) is 3. The Labute approximate surface area is 117 Å². The number of nitrogens with zero attached hydrogens (tertiary/aromatic N) is 2. The van der Waals surface area contributed by atoms with E-state index in [-0.39, 0.29) is 5.54 Å². The lowest BCUT2D eigenvalue weighted by Crippen LogP contribution is -2.35. The van der Waals surface area contributed by atoms with E-state index < -0.39 is 0 Å². The van der Waals surface area contributed by atoms with Crippen LogP contribution in [0.15, 0.2) is 30.5 Å². The van der Waals surface area contributed by atoms with Gasteiger partial charge in [-0.1, -0.05) is 18.2 Å². The van der Waals surface area contributed by atoms with E-state index in [0.29, 0.717) is 0 Å². The second kappa shape index (κ2) is 6.71. The van der Waals surface area contributed by atoms with Gasteiger partial charge in [-0.3, -0.25) is 0 Å². The first-order chi connectivity index (χ1) is 8.81. The second-order valence-electron chi connectivity index (χ2n) is 6.10. The maximum absolute atomic E-state index is 4.55. The van der Waals surface area contributed by atoms with Crippen molar-refractivity contribution in [2.45, 2.75) is 46.7 Å². The van der Waals surface area contributed by atoms with Crippen molar-refractivity contribution < 1.29 is 0 Å². The van der Waals surface area contributed by atoms with Crippen molar-refractivity contribution in [2.75, 3.05) is 18.0 Å². The normalized spacial score (nSPS) is 11.4. The average molecular weight is 261 g/mol. The minimum absolute atomic E-state index is 0.133. The number of hydrogen-bond donors (Lipinski definition) is 1. The predicted molar refractivity (Wildman–Crippen MR) is 83.5 cm³/mol. The highest BCUT2D eigenvalue weighted by Gasteiger charge is 2.09. The number of anilines is 1. The lowest BCUT2D eigenvalue weighted by molar-refractivity contribution is 0.424. The topological polar surface area (TPSA) is 28.2 Å². The largest absolute Gasteiger partial charge is 0.353 e. The summed E-state index contributed by atoms with van der Waals surface area (Å²) < 4.78 is 0. The van der Waals surface area contributed by atoms with Crippen LogP contribution < -0.4 is 10.2 Å². The number of likely N-dealkylation sites (N-methyl/N-ethyl adjacent to an activating group) is 1. The van der Waals surface area contributed by atoms with Gasteiger partial charge in [-0.05, 0) is 46.2 Å². The zero-order valence-electron chi connectivity index (χ0n) is 13.0. The van der Waals surface area contributed by atoms with Crippen LogP contribution in [0, 0.1) is 0 Å². The summed E-state index contributed by atoms with van der Waals surface area (Å²) in [6.45, 7) is 17.3. The molecule has 0 aliphatic rings. The minimum atomic E-state index is 0.133. The Morgan fingerprint density at radius 1 is 1.37 bits per heavy atom. The first kappa shape index (κ1) is 15.7. The molecule has 0 aliphatic carbocycles. The monoisotopic (exact) mass is 261 g/mol. The summed E-state index contributed by atoms with van der Waals surface area (Å²) in [5.41, 5.74) is 2.50. The molecule has 1 aromatic rings. The van der Waals surface area contributed by atoms with E-state index in [1.54, 1.807) is 0 Å². The minimum Gasteiger partial charge on any atom is -0.353 e. The third kappa shape index (κ3) is 5.88. The van der Waals surface area contributed by atoms with E-state index in [4.69, 9.17) is 0 Å². The molecule has 0 aromatic carbocycles. The third-order valence-corrected chi connectivity index (χ3v) is 2.80. The number of nitrogens with one attached hydrogen (secondary N) is 1. The Bertz CT molecular complexity index is 401. The zero-order valence-corrected chi connectivity index (χ0v) is 13.0. The van der Waals surface area contributed by atoms with Gasteiger partial charge in [-0.25, -0.2) is 4.98 Å². The Kier molecular flexibility index (Phi) is 5.55. The molecule has 3 nitrogen and oxygen atoms in total. The van der Waals surface area contributed by atoms with Crippen LogP contribution >= 0.6 is 0 Å². The predicted octanol–water partition coefficient (Wildman–Crippen LogP) is 3.37. The Balaban J connectivity index is 2.67. The summed E-state index contributed by atoms with van der Waals surface area (Å²) in [5, 5.41) is 3.47. The summed E-state index contributed by atoms with van der Waals surface area (Å²) in [6.07, 6.45) is 1.95. The maximum atomic E-state index is 4.55. The molecule has 0 saturated carbocycles. The molecule has 0 saturated heterocycles. The first-order valence-corrected chi connectivity index (χ1v) is 6.91. The molecule has 0 aliphatic heterocycles.